The molecule has 0 fully saturated rings. The lowest BCUT2D eigenvalue weighted by molar-refractivity contribution is -0.115. The first-order valence-corrected chi connectivity index (χ1v) is 9.78. The number of carbonyl (C=O) groups is 1. The van der Waals surface area contributed by atoms with E-state index in [-0.39, 0.29) is 36.4 Å². The average molecular weight is 575 g/mol. The van der Waals surface area contributed by atoms with Crippen LogP contribution in [0.2, 0.25) is 0 Å². The number of hydrogen-bond donors (Lipinski definition) is 3. The molecule has 7 nitrogen and oxygen atoms in total. The van der Waals surface area contributed by atoms with E-state index in [1.54, 1.807) is 7.05 Å². The Morgan fingerprint density at radius 2 is 1.86 bits per heavy atom. The van der Waals surface area contributed by atoms with Gasteiger partial charge < -0.3 is 25.4 Å². The number of anilines is 2. The lowest BCUT2D eigenvalue weighted by Gasteiger charge is -2.14. The van der Waals surface area contributed by atoms with E-state index in [9.17, 15) is 4.79 Å². The molecule has 0 unspecified atom stereocenters. The standard InChI is InChI=1S/C20H23BrN4O3.HI/c1-13-4-5-14(21)10-16(13)25-19(26)12-23-20(22-2)24-15-6-7-17-18(11-15)28-9-3-8-27-17;/h4-7,10-11H,3,8-9,12H2,1-2H3,(H,25,26)(H2,22,23,24);1H. The summed E-state index contributed by atoms with van der Waals surface area (Å²) >= 11 is 3.41. The van der Waals surface area contributed by atoms with Crippen LogP contribution in [0.1, 0.15) is 12.0 Å². The SMILES string of the molecule is CN=C(NCC(=O)Nc1cc(Br)ccc1C)Nc1ccc2c(c1)OCCCO2.I. The molecule has 0 bridgehead atoms. The summed E-state index contributed by atoms with van der Waals surface area (Å²) in [5, 5.41) is 9.05. The van der Waals surface area contributed by atoms with Crippen molar-refractivity contribution in [3.05, 3.63) is 46.4 Å². The maximum atomic E-state index is 12.3. The van der Waals surface area contributed by atoms with E-state index in [4.69, 9.17) is 9.47 Å². The highest BCUT2D eigenvalue weighted by molar-refractivity contribution is 14.0. The Morgan fingerprint density at radius 1 is 1.10 bits per heavy atom. The maximum Gasteiger partial charge on any atom is 0.243 e. The van der Waals surface area contributed by atoms with Gasteiger partial charge in [0.2, 0.25) is 5.91 Å². The number of rotatable bonds is 4. The van der Waals surface area contributed by atoms with Crippen molar-refractivity contribution in [2.24, 2.45) is 4.99 Å². The van der Waals surface area contributed by atoms with E-state index < -0.39 is 0 Å². The second-order valence-corrected chi connectivity index (χ2v) is 7.19. The molecule has 1 amide bonds. The summed E-state index contributed by atoms with van der Waals surface area (Å²) < 4.78 is 12.2. The van der Waals surface area contributed by atoms with Crippen molar-refractivity contribution in [3.63, 3.8) is 0 Å². The lowest BCUT2D eigenvalue weighted by Crippen LogP contribution is -2.37. The van der Waals surface area contributed by atoms with Crippen molar-refractivity contribution < 1.29 is 14.3 Å². The molecule has 0 spiro atoms. The van der Waals surface area contributed by atoms with Gasteiger partial charge in [0.15, 0.2) is 17.5 Å². The molecular weight excluding hydrogens is 551 g/mol. The van der Waals surface area contributed by atoms with Gasteiger partial charge in [0.25, 0.3) is 0 Å². The van der Waals surface area contributed by atoms with E-state index in [0.717, 1.165) is 33.6 Å². The molecule has 2 aromatic carbocycles. The summed E-state index contributed by atoms with van der Waals surface area (Å²) in [5.41, 5.74) is 2.55. The highest BCUT2D eigenvalue weighted by Crippen LogP contribution is 2.32. The molecule has 2 aromatic rings. The van der Waals surface area contributed by atoms with Crippen molar-refractivity contribution in [1.82, 2.24) is 5.32 Å². The normalized spacial score (nSPS) is 13.0. The summed E-state index contributed by atoms with van der Waals surface area (Å²) in [7, 11) is 1.65. The summed E-state index contributed by atoms with van der Waals surface area (Å²) in [5.74, 6) is 1.74. The van der Waals surface area contributed by atoms with Crippen LogP contribution in [0.4, 0.5) is 11.4 Å². The van der Waals surface area contributed by atoms with E-state index in [1.807, 2.05) is 43.3 Å². The fraction of sp³-hybridized carbons (Fsp3) is 0.300. The lowest BCUT2D eigenvalue weighted by atomic mass is 10.2. The van der Waals surface area contributed by atoms with Crippen LogP contribution in [0.5, 0.6) is 11.5 Å². The second kappa shape index (κ2) is 11.2. The molecule has 1 aliphatic heterocycles. The van der Waals surface area contributed by atoms with Crippen LogP contribution >= 0.6 is 39.9 Å². The third-order valence-corrected chi connectivity index (χ3v) is 4.62. The number of amides is 1. The van der Waals surface area contributed by atoms with Crippen molar-refractivity contribution in [2.45, 2.75) is 13.3 Å². The van der Waals surface area contributed by atoms with Gasteiger partial charge >= 0.3 is 0 Å². The predicted octanol–water partition coefficient (Wildman–Crippen LogP) is 4.16. The summed E-state index contributed by atoms with van der Waals surface area (Å²) in [6, 6.07) is 11.4. The first kappa shape index (κ1) is 23.3. The van der Waals surface area contributed by atoms with Gasteiger partial charge in [-0.3, -0.25) is 9.79 Å². The molecule has 0 atom stereocenters. The van der Waals surface area contributed by atoms with Crippen LogP contribution in [-0.2, 0) is 4.79 Å². The van der Waals surface area contributed by atoms with Crippen molar-refractivity contribution >= 4 is 63.1 Å². The molecule has 0 aromatic heterocycles. The quantitative estimate of drug-likeness (QED) is 0.290. The second-order valence-electron chi connectivity index (χ2n) is 6.27. The fourth-order valence-electron chi connectivity index (χ4n) is 2.64. The van der Waals surface area contributed by atoms with E-state index in [0.29, 0.717) is 24.9 Å². The first-order valence-electron chi connectivity index (χ1n) is 8.98. The van der Waals surface area contributed by atoms with Crippen molar-refractivity contribution in [2.75, 3.05) is 37.4 Å². The number of halogens is 2. The van der Waals surface area contributed by atoms with Gasteiger partial charge in [-0.25, -0.2) is 0 Å². The molecule has 0 radical (unpaired) electrons. The van der Waals surface area contributed by atoms with Gasteiger partial charge in [-0.2, -0.15) is 0 Å². The van der Waals surface area contributed by atoms with Crippen LogP contribution in [0.15, 0.2) is 45.9 Å². The van der Waals surface area contributed by atoms with Gasteiger partial charge in [0, 0.05) is 35.4 Å². The molecular formula is C20H24BrIN4O3. The van der Waals surface area contributed by atoms with E-state index >= 15 is 0 Å². The number of nitrogens with one attached hydrogen (secondary N) is 3. The number of guanidine groups is 1. The Balaban J connectivity index is 0.00000300. The Labute approximate surface area is 195 Å². The minimum absolute atomic E-state index is 0. The van der Waals surface area contributed by atoms with E-state index in [1.165, 1.54) is 0 Å². The molecule has 29 heavy (non-hydrogen) atoms. The number of aryl methyl sites for hydroxylation is 1. The predicted molar refractivity (Wildman–Crippen MR) is 130 cm³/mol. The van der Waals surface area contributed by atoms with Gasteiger partial charge in [0.05, 0.1) is 19.8 Å². The number of aliphatic imine (C=N–C) groups is 1. The van der Waals surface area contributed by atoms with Gasteiger partial charge in [-0.1, -0.05) is 22.0 Å². The average Bonchev–Trinajstić information content (AvgIpc) is 2.93. The zero-order valence-corrected chi connectivity index (χ0v) is 20.2. The zero-order valence-electron chi connectivity index (χ0n) is 16.3. The van der Waals surface area contributed by atoms with Crippen LogP contribution in [0.25, 0.3) is 0 Å². The zero-order chi connectivity index (χ0) is 19.9. The third-order valence-electron chi connectivity index (χ3n) is 4.12. The van der Waals surface area contributed by atoms with Gasteiger partial charge in [-0.05, 0) is 36.8 Å². The monoisotopic (exact) mass is 574 g/mol. The minimum Gasteiger partial charge on any atom is -0.490 e. The molecule has 9 heteroatoms. The molecule has 1 aliphatic rings. The molecule has 3 rings (SSSR count). The topological polar surface area (TPSA) is 84.0 Å². The van der Waals surface area contributed by atoms with Gasteiger partial charge in [0.1, 0.15) is 0 Å². The smallest absolute Gasteiger partial charge is 0.243 e. The number of ether oxygens (including phenoxy) is 2. The number of carbonyl (C=O) groups excluding carboxylic acids is 1. The van der Waals surface area contributed by atoms with Crippen molar-refractivity contribution in [1.29, 1.82) is 0 Å². The summed E-state index contributed by atoms with van der Waals surface area (Å²) in [6.07, 6.45) is 0.854. The molecule has 3 N–H and O–H groups in total. The van der Waals surface area contributed by atoms with Crippen LogP contribution < -0.4 is 25.4 Å². The molecule has 156 valence electrons. The van der Waals surface area contributed by atoms with Gasteiger partial charge in [-0.15, -0.1) is 24.0 Å². The largest absolute Gasteiger partial charge is 0.490 e. The number of hydrogen-bond acceptors (Lipinski definition) is 4. The maximum absolute atomic E-state index is 12.3. The van der Waals surface area contributed by atoms with Crippen LogP contribution in [0, 0.1) is 6.92 Å². The first-order chi connectivity index (χ1) is 13.5. The Morgan fingerprint density at radius 3 is 2.62 bits per heavy atom. The Hall–Kier alpha value is -2.01. The molecule has 0 aliphatic carbocycles. The Bertz CT molecular complexity index is 892. The highest BCUT2D eigenvalue weighted by Gasteiger charge is 2.12. The third kappa shape index (κ3) is 6.77. The highest BCUT2D eigenvalue weighted by atomic mass is 127. The van der Waals surface area contributed by atoms with Crippen LogP contribution in [0.3, 0.4) is 0 Å². The molecule has 0 saturated carbocycles. The Kier molecular flexibility index (Phi) is 9.02. The molecule has 0 saturated heterocycles. The van der Waals surface area contributed by atoms with E-state index in [2.05, 4.69) is 36.9 Å². The fourth-order valence-corrected chi connectivity index (χ4v) is 3.01. The van der Waals surface area contributed by atoms with Crippen molar-refractivity contribution in [3.8, 4) is 11.5 Å². The summed E-state index contributed by atoms with van der Waals surface area (Å²) in [6.45, 7) is 3.30. The van der Waals surface area contributed by atoms with Crippen LogP contribution in [-0.4, -0.2) is 38.7 Å². The number of fused-ring (bicyclic) bond motifs is 1. The summed E-state index contributed by atoms with van der Waals surface area (Å²) in [4.78, 5) is 16.4. The number of nitrogens with zero attached hydrogens (tertiary/aromatic N) is 1. The molecule has 1 heterocycles. The number of benzene rings is 2. The minimum atomic E-state index is -0.164.